The van der Waals surface area contributed by atoms with E-state index in [1.54, 1.807) is 0 Å². The Hall–Kier alpha value is -0.800. The molecule has 0 radical (unpaired) electrons. The van der Waals surface area contributed by atoms with Gasteiger partial charge in [0.25, 0.3) is 0 Å². The molecule has 1 aromatic rings. The standard InChI is InChI=1S/C15H25NO2/c1-11-4-6-14(7-5-11)17-10-15-8-13(9-16-3)12(2)18-15/h8,11,14,16H,4-7,9-10H2,1-3H3. The normalized spacial score (nSPS) is 24.4. The van der Waals surface area contributed by atoms with Crippen LogP contribution >= 0.6 is 0 Å². The van der Waals surface area contributed by atoms with E-state index in [1.165, 1.54) is 31.2 Å². The van der Waals surface area contributed by atoms with Crippen LogP contribution in [0.5, 0.6) is 0 Å². The highest BCUT2D eigenvalue weighted by Gasteiger charge is 2.19. The maximum absolute atomic E-state index is 5.95. The molecule has 1 N–H and O–H groups in total. The summed E-state index contributed by atoms with van der Waals surface area (Å²) in [4.78, 5) is 0. The van der Waals surface area contributed by atoms with Crippen molar-refractivity contribution in [3.05, 3.63) is 23.2 Å². The molecule has 1 aromatic heterocycles. The molecule has 0 unspecified atom stereocenters. The highest BCUT2D eigenvalue weighted by molar-refractivity contribution is 5.20. The summed E-state index contributed by atoms with van der Waals surface area (Å²) in [5, 5.41) is 3.15. The summed E-state index contributed by atoms with van der Waals surface area (Å²) in [6, 6.07) is 2.11. The fraction of sp³-hybridized carbons (Fsp3) is 0.733. The Morgan fingerprint density at radius 2 is 2.06 bits per heavy atom. The van der Waals surface area contributed by atoms with E-state index in [1.807, 2.05) is 14.0 Å². The van der Waals surface area contributed by atoms with Gasteiger partial charge < -0.3 is 14.5 Å². The summed E-state index contributed by atoms with van der Waals surface area (Å²) < 4.78 is 11.7. The van der Waals surface area contributed by atoms with Crippen LogP contribution in [-0.4, -0.2) is 13.2 Å². The molecule has 0 spiro atoms. The van der Waals surface area contributed by atoms with Crippen LogP contribution in [0.3, 0.4) is 0 Å². The quantitative estimate of drug-likeness (QED) is 0.871. The van der Waals surface area contributed by atoms with Crippen molar-refractivity contribution >= 4 is 0 Å². The number of hydrogen-bond acceptors (Lipinski definition) is 3. The van der Waals surface area contributed by atoms with Crippen molar-refractivity contribution in [3.63, 3.8) is 0 Å². The first-order chi connectivity index (χ1) is 8.69. The molecule has 0 aromatic carbocycles. The van der Waals surface area contributed by atoms with E-state index in [0.29, 0.717) is 12.7 Å². The van der Waals surface area contributed by atoms with Crippen LogP contribution in [0.4, 0.5) is 0 Å². The third-order valence-corrected chi connectivity index (χ3v) is 3.86. The first-order valence-electron chi connectivity index (χ1n) is 7.03. The molecule has 0 saturated heterocycles. The van der Waals surface area contributed by atoms with E-state index in [4.69, 9.17) is 9.15 Å². The van der Waals surface area contributed by atoms with Crippen molar-refractivity contribution < 1.29 is 9.15 Å². The first kappa shape index (κ1) is 13.6. The van der Waals surface area contributed by atoms with E-state index < -0.39 is 0 Å². The van der Waals surface area contributed by atoms with E-state index in [9.17, 15) is 0 Å². The molecule has 3 nitrogen and oxygen atoms in total. The Kier molecular flexibility index (Phi) is 4.84. The minimum Gasteiger partial charge on any atom is -0.464 e. The van der Waals surface area contributed by atoms with Crippen molar-refractivity contribution in [2.24, 2.45) is 5.92 Å². The highest BCUT2D eigenvalue weighted by Crippen LogP contribution is 2.26. The molecular formula is C15H25NO2. The Morgan fingerprint density at radius 1 is 1.33 bits per heavy atom. The molecule has 102 valence electrons. The van der Waals surface area contributed by atoms with Gasteiger partial charge >= 0.3 is 0 Å². The van der Waals surface area contributed by atoms with Gasteiger partial charge in [0.2, 0.25) is 0 Å². The smallest absolute Gasteiger partial charge is 0.130 e. The Morgan fingerprint density at radius 3 is 2.72 bits per heavy atom. The molecule has 1 aliphatic carbocycles. The lowest BCUT2D eigenvalue weighted by molar-refractivity contribution is 0.00103. The minimum atomic E-state index is 0.430. The Balaban J connectivity index is 1.81. The van der Waals surface area contributed by atoms with E-state index in [0.717, 1.165) is 24.0 Å². The van der Waals surface area contributed by atoms with Crippen LogP contribution in [0.1, 0.15) is 49.7 Å². The van der Waals surface area contributed by atoms with Gasteiger partial charge in [0.05, 0.1) is 6.10 Å². The fourth-order valence-electron chi connectivity index (χ4n) is 2.62. The zero-order valence-corrected chi connectivity index (χ0v) is 11.8. The van der Waals surface area contributed by atoms with Crippen LogP contribution < -0.4 is 5.32 Å². The fourth-order valence-corrected chi connectivity index (χ4v) is 2.62. The molecule has 18 heavy (non-hydrogen) atoms. The molecule has 2 rings (SSSR count). The highest BCUT2D eigenvalue weighted by atomic mass is 16.5. The van der Waals surface area contributed by atoms with Crippen molar-refractivity contribution in [2.45, 2.75) is 58.8 Å². The molecule has 0 atom stereocenters. The second kappa shape index (κ2) is 6.39. The molecule has 0 aliphatic heterocycles. The van der Waals surface area contributed by atoms with E-state index in [-0.39, 0.29) is 0 Å². The first-order valence-corrected chi connectivity index (χ1v) is 7.03. The van der Waals surface area contributed by atoms with Gasteiger partial charge in [0.15, 0.2) is 0 Å². The monoisotopic (exact) mass is 251 g/mol. The summed E-state index contributed by atoms with van der Waals surface area (Å²) >= 11 is 0. The molecular weight excluding hydrogens is 226 g/mol. The number of ether oxygens (including phenoxy) is 1. The number of hydrogen-bond donors (Lipinski definition) is 1. The summed E-state index contributed by atoms with van der Waals surface area (Å²) in [5.41, 5.74) is 1.23. The van der Waals surface area contributed by atoms with Crippen molar-refractivity contribution in [3.8, 4) is 0 Å². The largest absolute Gasteiger partial charge is 0.464 e. The third kappa shape index (κ3) is 3.59. The van der Waals surface area contributed by atoms with Gasteiger partial charge in [0.1, 0.15) is 18.1 Å². The second-order valence-corrected chi connectivity index (χ2v) is 5.52. The lowest BCUT2D eigenvalue weighted by atomic mass is 9.89. The van der Waals surface area contributed by atoms with Gasteiger partial charge in [-0.15, -0.1) is 0 Å². The number of nitrogens with one attached hydrogen (secondary N) is 1. The topological polar surface area (TPSA) is 34.4 Å². The molecule has 1 heterocycles. The zero-order valence-electron chi connectivity index (χ0n) is 11.8. The summed E-state index contributed by atoms with van der Waals surface area (Å²) in [6.07, 6.45) is 5.42. The number of rotatable bonds is 5. The van der Waals surface area contributed by atoms with Crippen LogP contribution in [0.15, 0.2) is 10.5 Å². The zero-order chi connectivity index (χ0) is 13.0. The maximum Gasteiger partial charge on any atom is 0.130 e. The van der Waals surface area contributed by atoms with Crippen LogP contribution in [0.25, 0.3) is 0 Å². The average Bonchev–Trinajstić information content (AvgIpc) is 2.70. The SMILES string of the molecule is CNCc1cc(COC2CCC(C)CC2)oc1C. The molecule has 1 aliphatic rings. The van der Waals surface area contributed by atoms with Gasteiger partial charge in [-0.05, 0) is 51.6 Å². The van der Waals surface area contributed by atoms with Crippen LogP contribution in [0, 0.1) is 12.8 Å². The van der Waals surface area contributed by atoms with Gasteiger partial charge in [0, 0.05) is 12.1 Å². The van der Waals surface area contributed by atoms with Crippen molar-refractivity contribution in [2.75, 3.05) is 7.05 Å². The van der Waals surface area contributed by atoms with Gasteiger partial charge in [-0.25, -0.2) is 0 Å². The van der Waals surface area contributed by atoms with E-state index >= 15 is 0 Å². The van der Waals surface area contributed by atoms with Gasteiger partial charge in [-0.1, -0.05) is 6.92 Å². The Labute approximate surface area is 110 Å². The van der Waals surface area contributed by atoms with E-state index in [2.05, 4.69) is 18.3 Å². The number of aryl methyl sites for hydroxylation is 1. The van der Waals surface area contributed by atoms with Gasteiger partial charge in [-0.3, -0.25) is 0 Å². The number of furan rings is 1. The minimum absolute atomic E-state index is 0.430. The molecule has 0 amide bonds. The predicted molar refractivity (Wildman–Crippen MR) is 72.4 cm³/mol. The van der Waals surface area contributed by atoms with Crippen molar-refractivity contribution in [1.29, 1.82) is 0 Å². The van der Waals surface area contributed by atoms with Crippen LogP contribution in [0.2, 0.25) is 0 Å². The molecule has 1 saturated carbocycles. The average molecular weight is 251 g/mol. The predicted octanol–water partition coefficient (Wildman–Crippen LogP) is 3.40. The van der Waals surface area contributed by atoms with Crippen molar-refractivity contribution in [1.82, 2.24) is 5.32 Å². The third-order valence-electron chi connectivity index (χ3n) is 3.86. The summed E-state index contributed by atoms with van der Waals surface area (Å²) in [5.74, 6) is 2.83. The molecule has 1 fully saturated rings. The van der Waals surface area contributed by atoms with Crippen LogP contribution in [-0.2, 0) is 17.9 Å². The molecule has 3 heteroatoms. The summed E-state index contributed by atoms with van der Waals surface area (Å²) in [7, 11) is 1.95. The second-order valence-electron chi connectivity index (χ2n) is 5.52. The Bertz CT molecular complexity index is 365. The molecule has 0 bridgehead atoms. The summed E-state index contributed by atoms with van der Waals surface area (Å²) in [6.45, 7) is 5.81. The lowest BCUT2D eigenvalue weighted by Gasteiger charge is -2.25. The lowest BCUT2D eigenvalue weighted by Crippen LogP contribution is -2.20. The van der Waals surface area contributed by atoms with Gasteiger partial charge in [-0.2, -0.15) is 0 Å². The maximum atomic E-state index is 5.95.